The van der Waals surface area contributed by atoms with Crippen molar-refractivity contribution in [1.29, 1.82) is 0 Å². The zero-order chi connectivity index (χ0) is 11.0. The number of hydrogen-bond acceptors (Lipinski definition) is 2. The Hall–Kier alpha value is -0.520. The molecule has 14 heavy (non-hydrogen) atoms. The minimum Gasteiger partial charge on any atom is -0.324 e. The van der Waals surface area contributed by atoms with Crippen LogP contribution in [-0.2, 0) is 0 Å². The Morgan fingerprint density at radius 3 is 2.43 bits per heavy atom. The van der Waals surface area contributed by atoms with Crippen molar-refractivity contribution in [3.05, 3.63) is 0 Å². The maximum atomic E-state index is 6.18. The third-order valence-electron chi connectivity index (χ3n) is 2.26. The summed E-state index contributed by atoms with van der Waals surface area (Å²) in [5.41, 5.74) is 6.08. The molecule has 0 fully saturated rings. The van der Waals surface area contributed by atoms with E-state index in [1.54, 1.807) is 0 Å². The van der Waals surface area contributed by atoms with Crippen LogP contribution < -0.4 is 5.73 Å². The van der Waals surface area contributed by atoms with Crippen LogP contribution in [0.15, 0.2) is 0 Å². The predicted molar refractivity (Wildman–Crippen MR) is 63.1 cm³/mol. The molecule has 0 saturated carbocycles. The van der Waals surface area contributed by atoms with Gasteiger partial charge in [-0.1, -0.05) is 26.2 Å². The van der Waals surface area contributed by atoms with E-state index in [-0.39, 0.29) is 5.54 Å². The molecule has 0 spiro atoms. The fourth-order valence-electron chi connectivity index (χ4n) is 1.82. The van der Waals surface area contributed by atoms with E-state index in [1.807, 2.05) is 0 Å². The topological polar surface area (TPSA) is 29.3 Å². The molecule has 0 aromatic rings. The van der Waals surface area contributed by atoms with Gasteiger partial charge in [0, 0.05) is 12.1 Å². The van der Waals surface area contributed by atoms with Crippen LogP contribution in [0.4, 0.5) is 0 Å². The fraction of sp³-hybridized carbons (Fsp3) is 0.833. The Kier molecular flexibility index (Phi) is 6.61. The van der Waals surface area contributed by atoms with Crippen LogP contribution >= 0.6 is 0 Å². The molecule has 0 radical (unpaired) electrons. The Labute approximate surface area is 88.9 Å². The molecule has 82 valence electrons. The highest BCUT2D eigenvalue weighted by Crippen LogP contribution is 2.10. The van der Waals surface area contributed by atoms with E-state index < -0.39 is 0 Å². The second kappa shape index (κ2) is 6.86. The van der Waals surface area contributed by atoms with Gasteiger partial charge in [0.15, 0.2) is 0 Å². The van der Waals surface area contributed by atoms with E-state index in [1.165, 1.54) is 0 Å². The summed E-state index contributed by atoms with van der Waals surface area (Å²) in [6.07, 6.45) is 8.63. The lowest BCUT2D eigenvalue weighted by atomic mass is 9.97. The molecule has 1 atom stereocenters. The molecule has 0 aromatic carbocycles. The number of nitrogens with two attached hydrogens (primary N) is 1. The van der Waals surface area contributed by atoms with E-state index in [2.05, 4.69) is 31.6 Å². The van der Waals surface area contributed by atoms with Crippen molar-refractivity contribution in [2.45, 2.75) is 45.6 Å². The van der Waals surface area contributed by atoms with Crippen LogP contribution in [0.25, 0.3) is 0 Å². The predicted octanol–water partition coefficient (Wildman–Crippen LogP) is 1.85. The van der Waals surface area contributed by atoms with Gasteiger partial charge >= 0.3 is 0 Å². The fourth-order valence-corrected chi connectivity index (χ4v) is 1.82. The average molecular weight is 196 g/mol. The minimum absolute atomic E-state index is 0.0965. The molecule has 0 aliphatic heterocycles. The first kappa shape index (κ1) is 13.5. The van der Waals surface area contributed by atoms with Crippen molar-refractivity contribution >= 4 is 0 Å². The standard InChI is InChI=1S/C12H24N2/c1-5-8-12(4,13)11-14(9-6-2)10-7-3/h2H,5,7-11,13H2,1,3-4H3. The van der Waals surface area contributed by atoms with Crippen molar-refractivity contribution < 1.29 is 0 Å². The summed E-state index contributed by atoms with van der Waals surface area (Å²) >= 11 is 0. The first-order valence-electron chi connectivity index (χ1n) is 5.50. The second-order valence-electron chi connectivity index (χ2n) is 4.32. The molecule has 0 aliphatic rings. The second-order valence-corrected chi connectivity index (χ2v) is 4.32. The molecule has 0 amide bonds. The van der Waals surface area contributed by atoms with Gasteiger partial charge in [-0.2, -0.15) is 0 Å². The highest BCUT2D eigenvalue weighted by molar-refractivity contribution is 4.91. The van der Waals surface area contributed by atoms with Gasteiger partial charge in [0.2, 0.25) is 0 Å². The van der Waals surface area contributed by atoms with Crippen LogP contribution in [0, 0.1) is 12.3 Å². The lowest BCUT2D eigenvalue weighted by molar-refractivity contribution is 0.230. The highest BCUT2D eigenvalue weighted by Gasteiger charge is 2.20. The summed E-state index contributed by atoms with van der Waals surface area (Å²) in [7, 11) is 0. The first-order valence-corrected chi connectivity index (χ1v) is 5.50. The molecule has 0 saturated heterocycles. The van der Waals surface area contributed by atoms with Gasteiger partial charge in [-0.3, -0.25) is 4.90 Å². The zero-order valence-electron chi connectivity index (χ0n) is 9.84. The quantitative estimate of drug-likeness (QED) is 0.630. The number of hydrogen-bond donors (Lipinski definition) is 1. The maximum Gasteiger partial charge on any atom is 0.0599 e. The van der Waals surface area contributed by atoms with E-state index in [4.69, 9.17) is 12.2 Å². The highest BCUT2D eigenvalue weighted by atomic mass is 15.1. The van der Waals surface area contributed by atoms with Crippen molar-refractivity contribution in [2.75, 3.05) is 19.6 Å². The molecule has 2 heteroatoms. The van der Waals surface area contributed by atoms with Crippen molar-refractivity contribution in [1.82, 2.24) is 4.90 Å². The van der Waals surface area contributed by atoms with E-state index in [0.717, 1.165) is 32.4 Å². The van der Waals surface area contributed by atoms with E-state index >= 15 is 0 Å². The van der Waals surface area contributed by atoms with Gasteiger partial charge < -0.3 is 5.73 Å². The van der Waals surface area contributed by atoms with Crippen molar-refractivity contribution in [3.8, 4) is 12.3 Å². The first-order chi connectivity index (χ1) is 6.55. The van der Waals surface area contributed by atoms with Gasteiger partial charge in [-0.15, -0.1) is 6.42 Å². The molecule has 0 aliphatic carbocycles. The molecule has 2 N–H and O–H groups in total. The van der Waals surface area contributed by atoms with Crippen molar-refractivity contribution in [2.24, 2.45) is 5.73 Å². The summed E-state index contributed by atoms with van der Waals surface area (Å²) in [5, 5.41) is 0. The van der Waals surface area contributed by atoms with Gasteiger partial charge in [0.25, 0.3) is 0 Å². The summed E-state index contributed by atoms with van der Waals surface area (Å²) in [4.78, 5) is 2.26. The largest absolute Gasteiger partial charge is 0.324 e. The monoisotopic (exact) mass is 196 g/mol. The minimum atomic E-state index is -0.0965. The van der Waals surface area contributed by atoms with Crippen LogP contribution in [0.2, 0.25) is 0 Å². The molecule has 1 unspecified atom stereocenters. The Balaban J connectivity index is 4.06. The molecule has 2 nitrogen and oxygen atoms in total. The lowest BCUT2D eigenvalue weighted by Crippen LogP contribution is -2.48. The summed E-state index contributed by atoms with van der Waals surface area (Å²) in [6.45, 7) is 9.09. The Bertz CT molecular complexity index is 179. The Morgan fingerprint density at radius 1 is 1.36 bits per heavy atom. The molecule has 0 aromatic heterocycles. The third-order valence-corrected chi connectivity index (χ3v) is 2.26. The molecular formula is C12H24N2. The zero-order valence-corrected chi connectivity index (χ0v) is 9.84. The van der Waals surface area contributed by atoms with Gasteiger partial charge in [-0.05, 0) is 26.3 Å². The van der Waals surface area contributed by atoms with Crippen LogP contribution in [0.5, 0.6) is 0 Å². The average Bonchev–Trinajstić information content (AvgIpc) is 2.03. The van der Waals surface area contributed by atoms with Gasteiger partial charge in [0.1, 0.15) is 0 Å². The normalized spacial score (nSPS) is 15.1. The summed E-state index contributed by atoms with van der Waals surface area (Å²) < 4.78 is 0. The summed E-state index contributed by atoms with van der Waals surface area (Å²) in [6, 6.07) is 0. The smallest absolute Gasteiger partial charge is 0.0599 e. The van der Waals surface area contributed by atoms with Gasteiger partial charge in [0.05, 0.1) is 6.54 Å². The number of nitrogens with zero attached hydrogens (tertiary/aromatic N) is 1. The Morgan fingerprint density at radius 2 is 2.00 bits per heavy atom. The lowest BCUT2D eigenvalue weighted by Gasteiger charge is -2.31. The molecule has 0 rings (SSSR count). The van der Waals surface area contributed by atoms with E-state index in [9.17, 15) is 0 Å². The van der Waals surface area contributed by atoms with Crippen LogP contribution in [0.3, 0.4) is 0 Å². The van der Waals surface area contributed by atoms with E-state index in [0.29, 0.717) is 6.54 Å². The number of rotatable bonds is 7. The summed E-state index contributed by atoms with van der Waals surface area (Å²) in [5.74, 6) is 2.69. The number of terminal acetylenes is 1. The molecular weight excluding hydrogens is 172 g/mol. The molecule has 0 bridgehead atoms. The molecule has 0 heterocycles. The van der Waals surface area contributed by atoms with Crippen LogP contribution in [-0.4, -0.2) is 30.1 Å². The maximum absolute atomic E-state index is 6.18. The van der Waals surface area contributed by atoms with Crippen LogP contribution in [0.1, 0.15) is 40.0 Å². The van der Waals surface area contributed by atoms with Crippen molar-refractivity contribution in [3.63, 3.8) is 0 Å². The third kappa shape index (κ3) is 6.01. The van der Waals surface area contributed by atoms with Gasteiger partial charge in [-0.25, -0.2) is 0 Å². The SMILES string of the molecule is C#CCN(CCC)CC(C)(N)CCC.